The highest BCUT2D eigenvalue weighted by atomic mass is 16.5. The minimum atomic E-state index is -0.325. The van der Waals surface area contributed by atoms with Crippen LogP contribution in [0.15, 0.2) is 53.7 Å². The summed E-state index contributed by atoms with van der Waals surface area (Å²) in [6, 6.07) is 13.5. The number of aryl methyl sites for hydroxylation is 1. The number of benzene rings is 2. The van der Waals surface area contributed by atoms with Gasteiger partial charge in [0.2, 0.25) is 5.91 Å². The van der Waals surface area contributed by atoms with Crippen molar-refractivity contribution < 1.29 is 19.1 Å². The first-order valence-corrected chi connectivity index (χ1v) is 10.6. The summed E-state index contributed by atoms with van der Waals surface area (Å²) in [5, 5.41) is 0. The Morgan fingerprint density at radius 2 is 1.68 bits per heavy atom. The first-order valence-electron chi connectivity index (χ1n) is 10.6. The van der Waals surface area contributed by atoms with Crippen LogP contribution < -0.4 is 14.4 Å². The molecule has 162 valence electrons. The van der Waals surface area contributed by atoms with Gasteiger partial charge < -0.3 is 9.47 Å². The number of allylic oxidation sites excluding steroid dienone is 2. The van der Waals surface area contributed by atoms with E-state index in [1.54, 1.807) is 19.1 Å². The number of carbonyl (C=O) groups excluding carboxylic acids is 2. The van der Waals surface area contributed by atoms with E-state index in [2.05, 4.69) is 13.8 Å². The van der Waals surface area contributed by atoms with Crippen molar-refractivity contribution in [3.05, 3.63) is 64.9 Å². The van der Waals surface area contributed by atoms with E-state index in [0.29, 0.717) is 24.3 Å². The fourth-order valence-electron chi connectivity index (χ4n) is 4.78. The first-order chi connectivity index (χ1) is 14.7. The quantitative estimate of drug-likeness (QED) is 0.686. The van der Waals surface area contributed by atoms with Crippen LogP contribution in [-0.2, 0) is 9.59 Å². The molecule has 5 heteroatoms. The summed E-state index contributed by atoms with van der Waals surface area (Å²) in [5.74, 6) is 1.09. The maximum atomic E-state index is 13.5. The Morgan fingerprint density at radius 1 is 0.968 bits per heavy atom. The van der Waals surface area contributed by atoms with Crippen molar-refractivity contribution in [3.63, 3.8) is 0 Å². The van der Waals surface area contributed by atoms with Gasteiger partial charge in [-0.1, -0.05) is 37.6 Å². The second-order valence-electron chi connectivity index (χ2n) is 9.23. The third-order valence-corrected chi connectivity index (χ3v) is 6.25. The molecule has 0 saturated heterocycles. The van der Waals surface area contributed by atoms with E-state index in [1.807, 2.05) is 49.4 Å². The molecular formula is C26H29NO4. The molecule has 0 radical (unpaired) electrons. The van der Waals surface area contributed by atoms with E-state index in [1.165, 1.54) is 0 Å². The molecule has 5 nitrogen and oxygen atoms in total. The van der Waals surface area contributed by atoms with E-state index < -0.39 is 0 Å². The zero-order chi connectivity index (χ0) is 22.3. The third kappa shape index (κ3) is 3.85. The van der Waals surface area contributed by atoms with E-state index in [4.69, 9.17) is 9.47 Å². The number of hydrogen-bond acceptors (Lipinski definition) is 4. The molecule has 1 atom stereocenters. The Labute approximate surface area is 183 Å². The van der Waals surface area contributed by atoms with Crippen LogP contribution in [0.5, 0.6) is 11.5 Å². The topological polar surface area (TPSA) is 55.8 Å². The number of rotatable bonds is 4. The Bertz CT molecular complexity index is 1070. The molecule has 0 saturated carbocycles. The van der Waals surface area contributed by atoms with E-state index in [-0.39, 0.29) is 29.4 Å². The van der Waals surface area contributed by atoms with Crippen molar-refractivity contribution in [3.8, 4) is 11.5 Å². The lowest BCUT2D eigenvalue weighted by Gasteiger charge is -2.43. The predicted octanol–water partition coefficient (Wildman–Crippen LogP) is 5.18. The summed E-state index contributed by atoms with van der Waals surface area (Å²) in [6.45, 7) is 6.19. The van der Waals surface area contributed by atoms with Gasteiger partial charge >= 0.3 is 0 Å². The number of hydrogen-bond donors (Lipinski definition) is 0. The Kier molecular flexibility index (Phi) is 5.38. The summed E-state index contributed by atoms with van der Waals surface area (Å²) in [5.41, 5.74) is 4.15. The molecule has 0 bridgehead atoms. The molecule has 31 heavy (non-hydrogen) atoms. The van der Waals surface area contributed by atoms with Gasteiger partial charge in [0.15, 0.2) is 5.78 Å². The average Bonchev–Trinajstić information content (AvgIpc) is 2.72. The third-order valence-electron chi connectivity index (χ3n) is 6.25. The lowest BCUT2D eigenvalue weighted by molar-refractivity contribution is -0.121. The van der Waals surface area contributed by atoms with Crippen molar-refractivity contribution in [2.24, 2.45) is 5.41 Å². The van der Waals surface area contributed by atoms with Gasteiger partial charge in [-0.3, -0.25) is 14.5 Å². The van der Waals surface area contributed by atoms with Crippen molar-refractivity contribution >= 4 is 17.4 Å². The molecule has 0 fully saturated rings. The second-order valence-corrected chi connectivity index (χ2v) is 9.23. The summed E-state index contributed by atoms with van der Waals surface area (Å²) >= 11 is 0. The fraction of sp³-hybridized carbons (Fsp3) is 0.385. The van der Waals surface area contributed by atoms with Crippen LogP contribution in [0.1, 0.15) is 50.2 Å². The average molecular weight is 420 g/mol. The first kappa shape index (κ1) is 21.2. The molecular weight excluding hydrogens is 390 g/mol. The van der Waals surface area contributed by atoms with Crippen molar-refractivity contribution in [1.82, 2.24) is 0 Å². The normalized spacial score (nSPS) is 20.5. The van der Waals surface area contributed by atoms with Gasteiger partial charge in [0.05, 0.1) is 14.2 Å². The molecule has 0 spiro atoms. The van der Waals surface area contributed by atoms with Crippen LogP contribution in [0.2, 0.25) is 0 Å². The zero-order valence-corrected chi connectivity index (χ0v) is 18.8. The molecule has 1 amide bonds. The number of ether oxygens (including phenoxy) is 2. The van der Waals surface area contributed by atoms with Crippen molar-refractivity contribution in [2.75, 3.05) is 19.1 Å². The van der Waals surface area contributed by atoms with Gasteiger partial charge in [-0.05, 0) is 37.0 Å². The maximum Gasteiger partial charge on any atom is 0.232 e. The van der Waals surface area contributed by atoms with Gasteiger partial charge in [-0.15, -0.1) is 0 Å². The molecule has 2 aliphatic rings. The number of ketones is 1. The SMILES string of the molecule is COc1ccc([C@H]2CC(=O)N(c3ccc(C)cc3)C3=C2C(=O)CC(C)(C)C3)c(OC)c1. The van der Waals surface area contributed by atoms with Crippen LogP contribution in [-0.4, -0.2) is 25.9 Å². The molecule has 2 aromatic rings. The monoisotopic (exact) mass is 419 g/mol. The van der Waals surface area contributed by atoms with Gasteiger partial charge in [0, 0.05) is 47.3 Å². The van der Waals surface area contributed by atoms with Crippen LogP contribution in [0, 0.1) is 12.3 Å². The van der Waals surface area contributed by atoms with Crippen LogP contribution in [0.25, 0.3) is 0 Å². The molecule has 2 aromatic carbocycles. The Morgan fingerprint density at radius 3 is 2.32 bits per heavy atom. The molecule has 0 N–H and O–H groups in total. The van der Waals surface area contributed by atoms with Gasteiger partial charge in [-0.25, -0.2) is 0 Å². The number of amides is 1. The molecule has 1 aliphatic carbocycles. The van der Waals surface area contributed by atoms with Gasteiger partial charge in [-0.2, -0.15) is 0 Å². The summed E-state index contributed by atoms with van der Waals surface area (Å²) in [7, 11) is 3.20. The van der Waals surface area contributed by atoms with E-state index >= 15 is 0 Å². The van der Waals surface area contributed by atoms with Crippen LogP contribution in [0.3, 0.4) is 0 Å². The highest BCUT2D eigenvalue weighted by molar-refractivity contribution is 6.08. The van der Waals surface area contributed by atoms with E-state index in [9.17, 15) is 9.59 Å². The van der Waals surface area contributed by atoms with Crippen LogP contribution >= 0.6 is 0 Å². The maximum absolute atomic E-state index is 13.5. The highest BCUT2D eigenvalue weighted by Crippen LogP contribution is 2.49. The van der Waals surface area contributed by atoms with Crippen molar-refractivity contribution in [2.45, 2.75) is 46.0 Å². The number of carbonyl (C=O) groups is 2. The molecule has 1 heterocycles. The standard InChI is InChI=1S/C26H29NO4/c1-16-6-8-17(9-7-16)27-21-14-26(2,3)15-22(28)25(21)20(13-24(27)29)19-11-10-18(30-4)12-23(19)31-5/h6-12,20H,13-15H2,1-5H3/t20-/m1/s1. The van der Waals surface area contributed by atoms with Gasteiger partial charge in [0.25, 0.3) is 0 Å². The lowest BCUT2D eigenvalue weighted by Crippen LogP contribution is -2.43. The summed E-state index contributed by atoms with van der Waals surface area (Å²) < 4.78 is 10.9. The smallest absolute Gasteiger partial charge is 0.232 e. The van der Waals surface area contributed by atoms with Gasteiger partial charge in [0.1, 0.15) is 11.5 Å². The number of nitrogens with zero attached hydrogens (tertiary/aromatic N) is 1. The van der Waals surface area contributed by atoms with Crippen molar-refractivity contribution in [1.29, 1.82) is 0 Å². The summed E-state index contributed by atoms with van der Waals surface area (Å²) in [4.78, 5) is 28.7. The number of anilines is 1. The minimum absolute atomic E-state index is 0.00373. The van der Waals surface area contributed by atoms with E-state index in [0.717, 1.165) is 28.1 Å². The van der Waals surface area contributed by atoms with Crippen LogP contribution in [0.4, 0.5) is 5.69 Å². The molecule has 4 rings (SSSR count). The second kappa shape index (κ2) is 7.88. The zero-order valence-electron chi connectivity index (χ0n) is 18.8. The minimum Gasteiger partial charge on any atom is -0.497 e. The molecule has 0 aromatic heterocycles. The highest BCUT2D eigenvalue weighted by Gasteiger charge is 2.45. The Hall–Kier alpha value is -3.08. The Balaban J connectivity index is 1.90. The molecule has 1 aliphatic heterocycles. The molecule has 0 unspecified atom stereocenters. The largest absolute Gasteiger partial charge is 0.497 e. The predicted molar refractivity (Wildman–Crippen MR) is 121 cm³/mol. The number of Topliss-reactive ketones (excluding diaryl/α,β-unsaturated/α-hetero) is 1. The summed E-state index contributed by atoms with van der Waals surface area (Å²) in [6.07, 6.45) is 1.36. The fourth-order valence-corrected chi connectivity index (χ4v) is 4.78. The lowest BCUT2D eigenvalue weighted by atomic mass is 9.69. The number of methoxy groups -OCH3 is 2.